The molecule has 1 saturated heterocycles. The summed E-state index contributed by atoms with van der Waals surface area (Å²) in [6.07, 6.45) is 0.421. The Bertz CT molecular complexity index is 1220. The number of carbonyl (C=O) groups is 2. The van der Waals surface area contributed by atoms with E-state index in [-0.39, 0.29) is 17.1 Å². The van der Waals surface area contributed by atoms with Crippen LogP contribution in [0.5, 0.6) is 5.75 Å². The third kappa shape index (κ3) is 5.54. The van der Waals surface area contributed by atoms with Crippen molar-refractivity contribution in [3.63, 3.8) is 0 Å². The number of morpholine rings is 1. The molecule has 36 heavy (non-hydrogen) atoms. The maximum atomic E-state index is 13.1. The molecule has 1 fully saturated rings. The summed E-state index contributed by atoms with van der Waals surface area (Å²) in [6, 6.07) is 11.2. The van der Waals surface area contributed by atoms with Crippen LogP contribution in [0.4, 0.5) is 14.6 Å². The number of Topliss-reactive ketones (excluding diaryl/α,β-unsaturated/α-hetero) is 1. The fourth-order valence-corrected chi connectivity index (χ4v) is 4.17. The van der Waals surface area contributed by atoms with Gasteiger partial charge in [0.1, 0.15) is 11.6 Å². The molecular weight excluding hydrogens is 472 g/mol. The first-order valence-corrected chi connectivity index (χ1v) is 11.5. The van der Waals surface area contributed by atoms with Gasteiger partial charge in [-0.3, -0.25) is 4.79 Å². The lowest BCUT2D eigenvalue weighted by molar-refractivity contribution is -0.0498. The van der Waals surface area contributed by atoms with E-state index in [1.807, 2.05) is 11.5 Å². The smallest absolute Gasteiger partial charge is 0.387 e. The van der Waals surface area contributed by atoms with Gasteiger partial charge in [0.25, 0.3) is 0 Å². The molecule has 10 heteroatoms. The van der Waals surface area contributed by atoms with Crippen molar-refractivity contribution < 1.29 is 32.6 Å². The van der Waals surface area contributed by atoms with Crippen LogP contribution in [0.3, 0.4) is 0 Å². The van der Waals surface area contributed by atoms with E-state index in [1.54, 1.807) is 37.3 Å². The Morgan fingerprint density at radius 2 is 1.75 bits per heavy atom. The molecule has 0 unspecified atom stereocenters. The maximum absolute atomic E-state index is 13.1. The number of anilines is 1. The SMILES string of the molecule is Cc1cc(C(=O)[C@@H](C)OC(=O)c2ccc(N3CCOCC3)nc2)c(C)n1-c1ccc(OC(F)F)cc1. The van der Waals surface area contributed by atoms with Crippen molar-refractivity contribution in [2.24, 2.45) is 0 Å². The van der Waals surface area contributed by atoms with Crippen LogP contribution in [-0.4, -0.2) is 60.3 Å². The van der Waals surface area contributed by atoms with Gasteiger partial charge in [0, 0.05) is 41.9 Å². The van der Waals surface area contributed by atoms with Gasteiger partial charge >= 0.3 is 12.6 Å². The Hall–Kier alpha value is -3.79. The fraction of sp³-hybridized carbons (Fsp3) is 0.346. The molecule has 1 atom stereocenters. The number of nitrogens with zero attached hydrogens (tertiary/aromatic N) is 3. The first-order chi connectivity index (χ1) is 17.2. The van der Waals surface area contributed by atoms with Gasteiger partial charge in [0.15, 0.2) is 6.10 Å². The van der Waals surface area contributed by atoms with Crippen LogP contribution in [0.2, 0.25) is 0 Å². The topological polar surface area (TPSA) is 82.9 Å². The fourth-order valence-electron chi connectivity index (χ4n) is 4.17. The van der Waals surface area contributed by atoms with E-state index in [4.69, 9.17) is 9.47 Å². The van der Waals surface area contributed by atoms with E-state index in [1.165, 1.54) is 25.3 Å². The monoisotopic (exact) mass is 499 g/mol. The molecule has 0 spiro atoms. The van der Waals surface area contributed by atoms with Crippen molar-refractivity contribution in [3.05, 3.63) is 71.2 Å². The van der Waals surface area contributed by atoms with Crippen LogP contribution in [0, 0.1) is 13.8 Å². The molecule has 4 rings (SSSR count). The van der Waals surface area contributed by atoms with Crippen LogP contribution in [-0.2, 0) is 9.47 Å². The van der Waals surface area contributed by atoms with Crippen LogP contribution in [0.15, 0.2) is 48.7 Å². The molecule has 190 valence electrons. The lowest BCUT2D eigenvalue weighted by Crippen LogP contribution is -2.36. The minimum Gasteiger partial charge on any atom is -0.451 e. The third-order valence-electron chi connectivity index (χ3n) is 5.99. The molecular formula is C26H27F2N3O5. The molecule has 1 aromatic carbocycles. The van der Waals surface area contributed by atoms with Crippen molar-refractivity contribution >= 4 is 17.6 Å². The van der Waals surface area contributed by atoms with E-state index in [0.717, 1.165) is 24.6 Å². The third-order valence-corrected chi connectivity index (χ3v) is 5.99. The van der Waals surface area contributed by atoms with Crippen LogP contribution in [0.25, 0.3) is 5.69 Å². The van der Waals surface area contributed by atoms with E-state index < -0.39 is 18.7 Å². The van der Waals surface area contributed by atoms with Gasteiger partial charge in [-0.2, -0.15) is 8.78 Å². The molecule has 1 aliphatic heterocycles. The highest BCUT2D eigenvalue weighted by Crippen LogP contribution is 2.25. The number of ether oxygens (including phenoxy) is 3. The highest BCUT2D eigenvalue weighted by molar-refractivity contribution is 6.02. The molecule has 8 nitrogen and oxygen atoms in total. The zero-order valence-corrected chi connectivity index (χ0v) is 20.2. The van der Waals surface area contributed by atoms with Gasteiger partial charge in [-0.05, 0) is 63.2 Å². The number of aryl methyl sites for hydroxylation is 1. The molecule has 2 aromatic heterocycles. The number of benzene rings is 1. The van der Waals surface area contributed by atoms with Crippen molar-refractivity contribution in [2.45, 2.75) is 33.5 Å². The lowest BCUT2D eigenvalue weighted by Gasteiger charge is -2.27. The highest BCUT2D eigenvalue weighted by Gasteiger charge is 2.25. The standard InChI is InChI=1S/C26H27F2N3O5/c1-16-14-22(17(2)31(16)20-5-7-21(8-6-20)36-26(27)28)24(32)18(3)35-25(33)19-4-9-23(29-15-19)30-10-12-34-13-11-30/h4-9,14-15,18,26H,10-13H2,1-3H3/t18-/m1/s1. The molecule has 0 radical (unpaired) electrons. The number of pyridine rings is 1. The second kappa shape index (κ2) is 10.9. The van der Waals surface area contributed by atoms with E-state index in [0.29, 0.717) is 30.2 Å². The second-order valence-corrected chi connectivity index (χ2v) is 8.41. The summed E-state index contributed by atoms with van der Waals surface area (Å²) in [4.78, 5) is 32.2. The molecule has 0 aliphatic carbocycles. The van der Waals surface area contributed by atoms with Crippen molar-refractivity contribution in [3.8, 4) is 11.4 Å². The summed E-state index contributed by atoms with van der Waals surface area (Å²) in [5.41, 5.74) is 2.74. The number of alkyl halides is 2. The number of rotatable bonds is 8. The Balaban J connectivity index is 1.44. The molecule has 0 N–H and O–H groups in total. The van der Waals surface area contributed by atoms with E-state index in [2.05, 4.69) is 14.6 Å². The minimum atomic E-state index is -2.90. The Kier molecular flexibility index (Phi) is 7.64. The zero-order chi connectivity index (χ0) is 25.8. The quantitative estimate of drug-likeness (QED) is 0.337. The largest absolute Gasteiger partial charge is 0.451 e. The highest BCUT2D eigenvalue weighted by atomic mass is 19.3. The summed E-state index contributed by atoms with van der Waals surface area (Å²) >= 11 is 0. The Labute approximate surface area is 207 Å². The molecule has 3 aromatic rings. The van der Waals surface area contributed by atoms with Crippen molar-refractivity contribution in [1.29, 1.82) is 0 Å². The summed E-state index contributed by atoms with van der Waals surface area (Å²) in [5.74, 6) is -0.195. The molecule has 3 heterocycles. The first-order valence-electron chi connectivity index (χ1n) is 11.5. The number of hydrogen-bond acceptors (Lipinski definition) is 7. The maximum Gasteiger partial charge on any atom is 0.387 e. The number of hydrogen-bond donors (Lipinski definition) is 0. The summed E-state index contributed by atoms with van der Waals surface area (Å²) < 4.78 is 41.8. The molecule has 0 amide bonds. The second-order valence-electron chi connectivity index (χ2n) is 8.41. The predicted octanol–water partition coefficient (Wildman–Crippen LogP) is 4.36. The van der Waals surface area contributed by atoms with Crippen LogP contribution >= 0.6 is 0 Å². The zero-order valence-electron chi connectivity index (χ0n) is 20.2. The van der Waals surface area contributed by atoms with Gasteiger partial charge in [-0.1, -0.05) is 0 Å². The minimum absolute atomic E-state index is 0.0421. The van der Waals surface area contributed by atoms with Gasteiger partial charge in [-0.25, -0.2) is 9.78 Å². The summed E-state index contributed by atoms with van der Waals surface area (Å²) in [7, 11) is 0. The van der Waals surface area contributed by atoms with Crippen LogP contribution in [0.1, 0.15) is 39.0 Å². The van der Waals surface area contributed by atoms with Gasteiger partial charge in [0.2, 0.25) is 5.78 Å². The Morgan fingerprint density at radius 1 is 1.06 bits per heavy atom. The Morgan fingerprint density at radius 3 is 2.36 bits per heavy atom. The van der Waals surface area contributed by atoms with E-state index in [9.17, 15) is 18.4 Å². The van der Waals surface area contributed by atoms with Crippen molar-refractivity contribution in [1.82, 2.24) is 9.55 Å². The summed E-state index contributed by atoms with van der Waals surface area (Å²) in [6.45, 7) is 4.94. The van der Waals surface area contributed by atoms with Crippen molar-refractivity contribution in [2.75, 3.05) is 31.2 Å². The number of carbonyl (C=O) groups excluding carboxylic acids is 2. The average molecular weight is 500 g/mol. The molecule has 1 aliphatic rings. The molecule has 0 saturated carbocycles. The summed E-state index contributed by atoms with van der Waals surface area (Å²) in [5, 5.41) is 0. The van der Waals surface area contributed by atoms with Gasteiger partial charge in [-0.15, -0.1) is 0 Å². The number of halogens is 2. The van der Waals surface area contributed by atoms with Crippen LogP contribution < -0.4 is 9.64 Å². The lowest BCUT2D eigenvalue weighted by atomic mass is 10.1. The first kappa shape index (κ1) is 25.3. The number of aromatic nitrogens is 2. The van der Waals surface area contributed by atoms with E-state index >= 15 is 0 Å². The number of esters is 1. The normalized spacial score (nSPS) is 14.6. The predicted molar refractivity (Wildman–Crippen MR) is 128 cm³/mol. The van der Waals surface area contributed by atoms with Gasteiger partial charge < -0.3 is 23.7 Å². The average Bonchev–Trinajstić information content (AvgIpc) is 3.17. The van der Waals surface area contributed by atoms with Gasteiger partial charge in [0.05, 0.1) is 18.8 Å². The number of ketones is 1. The molecule has 0 bridgehead atoms.